The van der Waals surface area contributed by atoms with Gasteiger partial charge in [0.1, 0.15) is 5.75 Å². The minimum atomic E-state index is -3.36. The second-order valence-electron chi connectivity index (χ2n) is 4.81. The van der Waals surface area contributed by atoms with E-state index in [0.717, 1.165) is 22.2 Å². The summed E-state index contributed by atoms with van der Waals surface area (Å²) in [7, 11) is -3.36. The molecule has 1 unspecified atom stereocenters. The lowest BCUT2D eigenvalue weighted by molar-refractivity contribution is 0.280. The number of sulfonamides is 1. The highest BCUT2D eigenvalue weighted by molar-refractivity contribution is 9.10. The normalized spacial score (nSPS) is 13.3. The molecule has 0 bridgehead atoms. The Morgan fingerprint density at radius 2 is 2.05 bits per heavy atom. The molecule has 0 radical (unpaired) electrons. The van der Waals surface area contributed by atoms with Crippen molar-refractivity contribution in [3.63, 3.8) is 0 Å². The average Bonchev–Trinajstić information content (AvgIpc) is 2.30. The molecule has 0 fully saturated rings. The van der Waals surface area contributed by atoms with E-state index in [-0.39, 0.29) is 11.7 Å². The summed E-state index contributed by atoms with van der Waals surface area (Å²) in [6.45, 7) is 4.57. The molecular weight excluding hydrogens is 330 g/mol. The summed E-state index contributed by atoms with van der Waals surface area (Å²) in [5, 5.41) is 4.98. The van der Waals surface area contributed by atoms with Crippen LogP contribution in [0.5, 0.6) is 5.75 Å². The van der Waals surface area contributed by atoms with Crippen molar-refractivity contribution in [3.8, 4) is 5.75 Å². The second-order valence-corrected chi connectivity index (χ2v) is 7.46. The van der Waals surface area contributed by atoms with Crippen molar-refractivity contribution < 1.29 is 13.2 Å². The fraction of sp³-hybridized carbons (Fsp3) is 0.538. The monoisotopic (exact) mass is 349 g/mol. The lowest BCUT2D eigenvalue weighted by Gasteiger charge is -2.13. The van der Waals surface area contributed by atoms with Crippen LogP contribution in [0.15, 0.2) is 22.7 Å². The lowest BCUT2D eigenvalue weighted by atomic mass is 10.1. The molecule has 0 aromatic heterocycles. The van der Waals surface area contributed by atoms with Crippen LogP contribution in [0, 0.1) is 12.8 Å². The summed E-state index contributed by atoms with van der Waals surface area (Å²) in [6, 6.07) is 5.89. The van der Waals surface area contributed by atoms with Gasteiger partial charge in [0, 0.05) is 4.47 Å². The predicted molar refractivity (Wildman–Crippen MR) is 80.7 cm³/mol. The van der Waals surface area contributed by atoms with Crippen molar-refractivity contribution in [2.45, 2.75) is 26.7 Å². The van der Waals surface area contributed by atoms with Crippen LogP contribution in [-0.4, -0.2) is 20.8 Å². The van der Waals surface area contributed by atoms with Gasteiger partial charge >= 0.3 is 0 Å². The van der Waals surface area contributed by atoms with E-state index in [0.29, 0.717) is 13.0 Å². The molecule has 1 aromatic carbocycles. The van der Waals surface area contributed by atoms with E-state index in [9.17, 15) is 8.42 Å². The van der Waals surface area contributed by atoms with Crippen molar-refractivity contribution in [2.75, 3.05) is 12.4 Å². The van der Waals surface area contributed by atoms with Crippen LogP contribution in [0.4, 0.5) is 0 Å². The van der Waals surface area contributed by atoms with Gasteiger partial charge in [0.2, 0.25) is 10.0 Å². The first-order valence-corrected chi connectivity index (χ1v) is 8.68. The van der Waals surface area contributed by atoms with Crippen molar-refractivity contribution in [2.24, 2.45) is 11.1 Å². The minimum Gasteiger partial charge on any atom is -0.493 e. The van der Waals surface area contributed by atoms with Crippen LogP contribution in [0.1, 0.15) is 25.3 Å². The zero-order chi connectivity index (χ0) is 14.5. The van der Waals surface area contributed by atoms with Crippen molar-refractivity contribution in [1.82, 2.24) is 0 Å². The molecule has 1 aromatic rings. The molecule has 1 rings (SSSR count). The van der Waals surface area contributed by atoms with Gasteiger partial charge in [-0.3, -0.25) is 0 Å². The van der Waals surface area contributed by atoms with Crippen LogP contribution in [0.3, 0.4) is 0 Å². The van der Waals surface area contributed by atoms with Gasteiger partial charge in [-0.2, -0.15) is 0 Å². The maximum absolute atomic E-state index is 10.9. The quantitative estimate of drug-likeness (QED) is 0.822. The number of aryl methyl sites for hydroxylation is 1. The summed E-state index contributed by atoms with van der Waals surface area (Å²) in [5.74, 6) is 1.16. The molecule has 6 heteroatoms. The number of halogens is 1. The van der Waals surface area contributed by atoms with Gasteiger partial charge in [-0.15, -0.1) is 0 Å². The first-order valence-electron chi connectivity index (χ1n) is 6.17. The summed E-state index contributed by atoms with van der Waals surface area (Å²) >= 11 is 3.40. The molecule has 0 aliphatic heterocycles. The summed E-state index contributed by atoms with van der Waals surface area (Å²) in [4.78, 5) is 0. The fourth-order valence-electron chi connectivity index (χ4n) is 1.61. The highest BCUT2D eigenvalue weighted by atomic mass is 79.9. The summed E-state index contributed by atoms with van der Waals surface area (Å²) in [6.07, 6.45) is 1.38. The zero-order valence-corrected chi connectivity index (χ0v) is 13.6. The maximum Gasteiger partial charge on any atom is 0.209 e. The topological polar surface area (TPSA) is 69.4 Å². The molecule has 0 amide bonds. The van der Waals surface area contributed by atoms with Gasteiger partial charge in [-0.1, -0.05) is 28.9 Å². The number of nitrogens with two attached hydrogens (primary N) is 1. The largest absolute Gasteiger partial charge is 0.493 e. The third-order valence-electron chi connectivity index (χ3n) is 2.91. The van der Waals surface area contributed by atoms with E-state index >= 15 is 0 Å². The Hall–Kier alpha value is -0.590. The van der Waals surface area contributed by atoms with Crippen LogP contribution in [0.2, 0.25) is 0 Å². The van der Waals surface area contributed by atoms with Gasteiger partial charge in [-0.05, 0) is 43.4 Å². The molecule has 0 heterocycles. The Labute approximate surface area is 123 Å². The third-order valence-corrected chi connectivity index (χ3v) is 4.21. The summed E-state index contributed by atoms with van der Waals surface area (Å²) in [5.41, 5.74) is 1.08. The SMILES string of the molecule is Cc1ccc(Br)cc1OCCC(C)CCS(N)(=O)=O. The number of primary sulfonamides is 1. The predicted octanol–water partition coefficient (Wildman–Crippen LogP) is 2.84. The van der Waals surface area contributed by atoms with Gasteiger partial charge in [0.05, 0.1) is 12.4 Å². The number of rotatable bonds is 7. The maximum atomic E-state index is 10.9. The van der Waals surface area contributed by atoms with Crippen LogP contribution in [0.25, 0.3) is 0 Å². The van der Waals surface area contributed by atoms with Gasteiger partial charge in [0.15, 0.2) is 0 Å². The fourth-order valence-corrected chi connectivity index (χ4v) is 2.68. The number of hydrogen-bond donors (Lipinski definition) is 1. The molecule has 19 heavy (non-hydrogen) atoms. The molecule has 4 nitrogen and oxygen atoms in total. The molecule has 2 N–H and O–H groups in total. The Morgan fingerprint density at radius 3 is 2.68 bits per heavy atom. The average molecular weight is 350 g/mol. The Morgan fingerprint density at radius 1 is 1.37 bits per heavy atom. The molecule has 0 saturated heterocycles. The van der Waals surface area contributed by atoms with E-state index in [1.165, 1.54) is 0 Å². The first kappa shape index (κ1) is 16.5. The van der Waals surface area contributed by atoms with Crippen LogP contribution in [-0.2, 0) is 10.0 Å². The Kier molecular flexibility index (Phi) is 6.29. The Bertz CT molecular complexity index is 517. The highest BCUT2D eigenvalue weighted by Gasteiger charge is 2.09. The number of ether oxygens (including phenoxy) is 1. The van der Waals surface area contributed by atoms with Crippen molar-refractivity contribution in [1.29, 1.82) is 0 Å². The van der Waals surface area contributed by atoms with E-state index < -0.39 is 10.0 Å². The standard InChI is InChI=1S/C13H20BrNO3S/c1-10(6-8-19(15,16)17)5-7-18-13-9-12(14)4-3-11(13)2/h3-4,9-10H,5-8H2,1-2H3,(H2,15,16,17). The first-order chi connectivity index (χ1) is 8.78. The molecule has 0 saturated carbocycles. The highest BCUT2D eigenvalue weighted by Crippen LogP contribution is 2.23. The van der Waals surface area contributed by atoms with E-state index in [2.05, 4.69) is 15.9 Å². The van der Waals surface area contributed by atoms with Crippen molar-refractivity contribution >= 4 is 26.0 Å². The minimum absolute atomic E-state index is 0.0318. The zero-order valence-electron chi connectivity index (χ0n) is 11.2. The molecular formula is C13H20BrNO3S. The lowest BCUT2D eigenvalue weighted by Crippen LogP contribution is -2.18. The molecule has 108 valence electrons. The molecule has 0 aliphatic carbocycles. The van der Waals surface area contributed by atoms with E-state index in [1.807, 2.05) is 32.0 Å². The van der Waals surface area contributed by atoms with Crippen molar-refractivity contribution in [3.05, 3.63) is 28.2 Å². The van der Waals surface area contributed by atoms with E-state index in [4.69, 9.17) is 9.88 Å². The van der Waals surface area contributed by atoms with Gasteiger partial charge in [0.25, 0.3) is 0 Å². The summed E-state index contributed by atoms with van der Waals surface area (Å²) < 4.78 is 28.4. The number of benzene rings is 1. The van der Waals surface area contributed by atoms with Gasteiger partial charge in [-0.25, -0.2) is 13.6 Å². The Balaban J connectivity index is 2.35. The third kappa shape index (κ3) is 6.94. The second kappa shape index (κ2) is 7.26. The van der Waals surface area contributed by atoms with E-state index in [1.54, 1.807) is 0 Å². The molecule has 1 atom stereocenters. The van der Waals surface area contributed by atoms with Crippen LogP contribution >= 0.6 is 15.9 Å². The van der Waals surface area contributed by atoms with Gasteiger partial charge < -0.3 is 4.74 Å². The number of hydrogen-bond acceptors (Lipinski definition) is 3. The molecule has 0 aliphatic rings. The molecule has 0 spiro atoms. The smallest absolute Gasteiger partial charge is 0.209 e. The van der Waals surface area contributed by atoms with Crippen LogP contribution < -0.4 is 9.88 Å².